The first-order valence-electron chi connectivity index (χ1n) is 5.28. The quantitative estimate of drug-likeness (QED) is 0.741. The zero-order chi connectivity index (χ0) is 12.5. The lowest BCUT2D eigenvalue weighted by atomic mass is 10.0. The highest BCUT2D eigenvalue weighted by Gasteiger charge is 2.38. The van der Waals surface area contributed by atoms with E-state index in [2.05, 4.69) is 0 Å². The smallest absolute Gasteiger partial charge is 0.326 e. The van der Waals surface area contributed by atoms with Gasteiger partial charge in [0.25, 0.3) is 0 Å². The molecule has 2 atom stereocenters. The highest BCUT2D eigenvalue weighted by Crippen LogP contribution is 2.48. The average Bonchev–Trinajstić information content (AvgIpc) is 2.15. The number of carbonyl (C=O) groups excluding carboxylic acids is 1. The molecule has 1 aliphatic heterocycles. The Balaban J connectivity index is 2.85. The van der Waals surface area contributed by atoms with Gasteiger partial charge in [-0.25, -0.2) is 4.79 Å². The maximum atomic E-state index is 11.9. The zero-order valence-electron chi connectivity index (χ0n) is 9.84. The highest BCUT2D eigenvalue weighted by atomic mass is 31.2. The number of amides is 1. The monoisotopic (exact) mass is 247 g/mol. The largest absolute Gasteiger partial charge is 0.480 e. The molecule has 0 radical (unpaired) electrons. The molecule has 1 rings (SSSR count). The third-order valence-electron chi connectivity index (χ3n) is 3.14. The predicted molar refractivity (Wildman–Crippen MR) is 61.3 cm³/mol. The fourth-order valence-corrected chi connectivity index (χ4v) is 3.57. The van der Waals surface area contributed by atoms with Gasteiger partial charge < -0.3 is 14.6 Å². The predicted octanol–water partition coefficient (Wildman–Crippen LogP) is 1.07. The van der Waals surface area contributed by atoms with Gasteiger partial charge in [-0.3, -0.25) is 4.79 Å². The van der Waals surface area contributed by atoms with Crippen LogP contribution in [-0.2, 0) is 14.2 Å². The number of carbonyl (C=O) groups is 2. The minimum Gasteiger partial charge on any atom is -0.480 e. The van der Waals surface area contributed by atoms with Crippen molar-refractivity contribution in [2.45, 2.75) is 31.5 Å². The minimum absolute atomic E-state index is 0.0794. The van der Waals surface area contributed by atoms with E-state index in [4.69, 9.17) is 5.11 Å². The summed E-state index contributed by atoms with van der Waals surface area (Å²) in [7, 11) is -2.28. The van der Waals surface area contributed by atoms with Crippen LogP contribution in [0.3, 0.4) is 0 Å². The number of hydrogen-bond acceptors (Lipinski definition) is 3. The lowest BCUT2D eigenvalue weighted by Crippen LogP contribution is -2.50. The number of carboxylic acid groups (broad SMARTS) is 1. The van der Waals surface area contributed by atoms with Crippen LogP contribution in [-0.4, -0.2) is 53.5 Å². The molecule has 0 bridgehead atoms. The molecule has 1 heterocycles. The molecule has 1 N–H and O–H groups in total. The van der Waals surface area contributed by atoms with Crippen molar-refractivity contribution in [2.24, 2.45) is 0 Å². The molecular formula is C10H18NO4P. The van der Waals surface area contributed by atoms with Crippen molar-refractivity contribution < 1.29 is 19.3 Å². The van der Waals surface area contributed by atoms with Crippen molar-refractivity contribution in [1.82, 2.24) is 4.90 Å². The molecule has 1 aliphatic rings. The van der Waals surface area contributed by atoms with E-state index in [1.165, 1.54) is 11.8 Å². The second-order valence-electron chi connectivity index (χ2n) is 4.68. The molecule has 5 nitrogen and oxygen atoms in total. The molecule has 1 saturated heterocycles. The van der Waals surface area contributed by atoms with E-state index in [0.29, 0.717) is 19.4 Å². The molecule has 0 aliphatic carbocycles. The van der Waals surface area contributed by atoms with Gasteiger partial charge in [0.15, 0.2) is 0 Å². The SMILES string of the molecule is CC(=O)N1CC[C@H](P(C)(C)=O)C[C@@H]1C(=O)O. The molecule has 0 unspecified atom stereocenters. The Morgan fingerprint density at radius 1 is 1.38 bits per heavy atom. The van der Waals surface area contributed by atoms with Gasteiger partial charge in [-0.15, -0.1) is 0 Å². The Kier molecular flexibility index (Phi) is 3.79. The number of likely N-dealkylation sites (tertiary alicyclic amines) is 1. The van der Waals surface area contributed by atoms with E-state index in [-0.39, 0.29) is 11.6 Å². The summed E-state index contributed by atoms with van der Waals surface area (Å²) in [4.78, 5) is 23.7. The molecular weight excluding hydrogens is 229 g/mol. The third-order valence-corrected chi connectivity index (χ3v) is 5.37. The van der Waals surface area contributed by atoms with Crippen molar-refractivity contribution in [3.63, 3.8) is 0 Å². The van der Waals surface area contributed by atoms with Crippen LogP contribution < -0.4 is 0 Å². The van der Waals surface area contributed by atoms with Crippen molar-refractivity contribution >= 4 is 19.0 Å². The molecule has 16 heavy (non-hydrogen) atoms. The van der Waals surface area contributed by atoms with Gasteiger partial charge >= 0.3 is 5.97 Å². The molecule has 0 aromatic rings. The summed E-state index contributed by atoms with van der Waals surface area (Å²) in [5.41, 5.74) is -0.0794. The van der Waals surface area contributed by atoms with Crippen LogP contribution in [0.1, 0.15) is 19.8 Å². The zero-order valence-corrected chi connectivity index (χ0v) is 10.7. The van der Waals surface area contributed by atoms with Crippen molar-refractivity contribution in [2.75, 3.05) is 19.9 Å². The van der Waals surface area contributed by atoms with Gasteiger partial charge in [-0.2, -0.15) is 0 Å². The number of hydrogen-bond donors (Lipinski definition) is 1. The van der Waals surface area contributed by atoms with E-state index >= 15 is 0 Å². The molecule has 92 valence electrons. The fraction of sp³-hybridized carbons (Fsp3) is 0.800. The van der Waals surface area contributed by atoms with Crippen molar-refractivity contribution in [3.8, 4) is 0 Å². The van der Waals surface area contributed by atoms with Gasteiger partial charge in [0.05, 0.1) is 7.14 Å². The maximum absolute atomic E-state index is 11.9. The summed E-state index contributed by atoms with van der Waals surface area (Å²) in [6, 6.07) is -0.815. The van der Waals surface area contributed by atoms with Gasteiger partial charge in [0.1, 0.15) is 6.04 Å². The minimum atomic E-state index is -2.28. The van der Waals surface area contributed by atoms with E-state index in [1.54, 1.807) is 13.3 Å². The van der Waals surface area contributed by atoms with Crippen LogP contribution in [0, 0.1) is 0 Å². The maximum Gasteiger partial charge on any atom is 0.326 e. The number of rotatable bonds is 2. The molecule has 6 heteroatoms. The molecule has 1 amide bonds. The summed E-state index contributed by atoms with van der Waals surface area (Å²) >= 11 is 0. The normalized spacial score (nSPS) is 26.6. The van der Waals surface area contributed by atoms with Crippen LogP contribution in [0.15, 0.2) is 0 Å². The first-order valence-corrected chi connectivity index (χ1v) is 7.95. The van der Waals surface area contributed by atoms with Crippen LogP contribution in [0.4, 0.5) is 0 Å². The van der Waals surface area contributed by atoms with E-state index in [9.17, 15) is 14.2 Å². The molecule has 1 fully saturated rings. The van der Waals surface area contributed by atoms with Gasteiger partial charge in [-0.1, -0.05) is 0 Å². The average molecular weight is 247 g/mol. The third kappa shape index (κ3) is 2.85. The standard InChI is InChI=1S/C10H18NO4P/c1-7(12)11-5-4-8(16(2,3)15)6-9(11)10(13)14/h8-9H,4-6H2,1-3H3,(H,13,14)/t8-,9+/m0/s1. The van der Waals surface area contributed by atoms with Gasteiger partial charge in [0, 0.05) is 19.1 Å². The summed E-state index contributed by atoms with van der Waals surface area (Å²) in [6.07, 6.45) is 0.937. The van der Waals surface area contributed by atoms with E-state index < -0.39 is 19.2 Å². The highest BCUT2D eigenvalue weighted by molar-refractivity contribution is 7.63. The molecule has 0 spiro atoms. The topological polar surface area (TPSA) is 74.7 Å². The van der Waals surface area contributed by atoms with Gasteiger partial charge in [0.2, 0.25) is 5.91 Å². The molecule has 0 saturated carbocycles. The van der Waals surface area contributed by atoms with Crippen LogP contribution >= 0.6 is 7.14 Å². The van der Waals surface area contributed by atoms with Gasteiger partial charge in [-0.05, 0) is 26.2 Å². The van der Waals surface area contributed by atoms with Crippen LogP contribution in [0.2, 0.25) is 0 Å². The Hall–Kier alpha value is -0.830. The van der Waals surface area contributed by atoms with E-state index in [0.717, 1.165) is 0 Å². The second-order valence-corrected chi connectivity index (χ2v) is 8.28. The summed E-state index contributed by atoms with van der Waals surface area (Å²) in [6.45, 7) is 5.12. The Morgan fingerprint density at radius 2 is 1.94 bits per heavy atom. The van der Waals surface area contributed by atoms with Crippen molar-refractivity contribution in [1.29, 1.82) is 0 Å². The first-order chi connectivity index (χ1) is 7.23. The van der Waals surface area contributed by atoms with E-state index in [1.807, 2.05) is 0 Å². The number of piperidine rings is 1. The number of nitrogens with zero attached hydrogens (tertiary/aromatic N) is 1. The summed E-state index contributed by atoms with van der Waals surface area (Å²) in [5, 5.41) is 9.06. The molecule has 0 aromatic heterocycles. The summed E-state index contributed by atoms with van der Waals surface area (Å²) < 4.78 is 11.9. The lowest BCUT2D eigenvalue weighted by molar-refractivity contribution is -0.151. The van der Waals surface area contributed by atoms with Crippen molar-refractivity contribution in [3.05, 3.63) is 0 Å². The second kappa shape index (κ2) is 4.58. The fourth-order valence-electron chi connectivity index (χ4n) is 2.12. The number of aliphatic carboxylic acids is 1. The summed E-state index contributed by atoms with van der Waals surface area (Å²) in [5.74, 6) is -1.23. The Morgan fingerprint density at radius 3 is 2.31 bits per heavy atom. The molecule has 0 aromatic carbocycles. The van der Waals surface area contributed by atoms with Crippen LogP contribution in [0.25, 0.3) is 0 Å². The number of carboxylic acids is 1. The Bertz CT molecular complexity index is 349. The lowest BCUT2D eigenvalue weighted by Gasteiger charge is -2.37. The van der Waals surface area contributed by atoms with Crippen LogP contribution in [0.5, 0.6) is 0 Å². The first kappa shape index (κ1) is 13.2. The Labute approximate surface area is 95.2 Å².